The molecule has 0 unspecified atom stereocenters. The zero-order valence-corrected chi connectivity index (χ0v) is 11.6. The molecule has 7 heteroatoms. The van der Waals surface area contributed by atoms with Crippen LogP contribution in [0.4, 0.5) is 13.2 Å². The maximum Gasteiger partial charge on any atom is 0.416 e. The van der Waals surface area contributed by atoms with Gasteiger partial charge in [-0.3, -0.25) is 0 Å². The van der Waals surface area contributed by atoms with E-state index in [-0.39, 0.29) is 29.8 Å². The topological polar surface area (TPSA) is 31.4 Å². The highest BCUT2D eigenvalue weighted by atomic mass is 35.5. The second-order valence-corrected chi connectivity index (χ2v) is 5.21. The normalized spacial score (nSPS) is 12.6. The molecule has 0 atom stereocenters. The molecule has 0 amide bonds. The molecule has 1 aromatic heterocycles. The predicted octanol–water partition coefficient (Wildman–Crippen LogP) is 3.95. The Hall–Kier alpha value is -1.01. The molecule has 0 bridgehead atoms. The minimum absolute atomic E-state index is 0.0991. The Labute approximate surface area is 114 Å². The van der Waals surface area contributed by atoms with Gasteiger partial charge in [0.05, 0.1) is 17.8 Å². The summed E-state index contributed by atoms with van der Waals surface area (Å²) in [7, 11) is 0. The van der Waals surface area contributed by atoms with Crippen molar-refractivity contribution < 1.29 is 22.6 Å². The van der Waals surface area contributed by atoms with Crippen LogP contribution in [0.25, 0.3) is 0 Å². The molecule has 1 rings (SSSR count). The van der Waals surface area contributed by atoms with Crippen LogP contribution >= 0.6 is 11.6 Å². The van der Waals surface area contributed by atoms with Gasteiger partial charge in [0.15, 0.2) is 0 Å². The van der Waals surface area contributed by atoms with Crippen LogP contribution in [0.15, 0.2) is 12.1 Å². The molecule has 0 saturated carbocycles. The highest BCUT2D eigenvalue weighted by molar-refractivity contribution is 6.29. The van der Waals surface area contributed by atoms with Crippen LogP contribution in [0.5, 0.6) is 5.88 Å². The quantitative estimate of drug-likeness (QED) is 0.623. The van der Waals surface area contributed by atoms with Gasteiger partial charge in [-0.25, -0.2) is 4.98 Å². The Kier molecular flexibility index (Phi) is 5.04. The number of hydrogen-bond acceptors (Lipinski definition) is 3. The monoisotopic (exact) mass is 297 g/mol. The summed E-state index contributed by atoms with van der Waals surface area (Å²) in [4.78, 5) is 3.67. The van der Waals surface area contributed by atoms with Crippen molar-refractivity contribution in [3.05, 3.63) is 22.8 Å². The number of ether oxygens (including phenoxy) is 2. The van der Waals surface area contributed by atoms with E-state index in [0.717, 1.165) is 12.1 Å². The lowest BCUT2D eigenvalue weighted by Gasteiger charge is -2.19. The predicted molar refractivity (Wildman–Crippen MR) is 65.4 cm³/mol. The molecule has 1 heterocycles. The first kappa shape index (κ1) is 16.0. The van der Waals surface area contributed by atoms with Crippen LogP contribution in [0.1, 0.15) is 26.3 Å². The van der Waals surface area contributed by atoms with Gasteiger partial charge < -0.3 is 9.47 Å². The van der Waals surface area contributed by atoms with Gasteiger partial charge >= 0.3 is 6.18 Å². The molecule has 19 heavy (non-hydrogen) atoms. The van der Waals surface area contributed by atoms with Crippen LogP contribution in [0.2, 0.25) is 5.15 Å². The van der Waals surface area contributed by atoms with E-state index in [4.69, 9.17) is 21.1 Å². The largest absolute Gasteiger partial charge is 0.475 e. The molecule has 0 aliphatic carbocycles. The van der Waals surface area contributed by atoms with Gasteiger partial charge in [0.25, 0.3) is 0 Å². The zero-order chi connectivity index (χ0) is 14.7. The summed E-state index contributed by atoms with van der Waals surface area (Å²) in [5.74, 6) is -0.169. The Morgan fingerprint density at radius 2 is 1.79 bits per heavy atom. The first-order valence-corrected chi connectivity index (χ1v) is 5.97. The van der Waals surface area contributed by atoms with Crippen molar-refractivity contribution in [1.82, 2.24) is 4.98 Å². The van der Waals surface area contributed by atoms with E-state index in [0.29, 0.717) is 0 Å². The number of alkyl halides is 3. The number of pyridine rings is 1. The Morgan fingerprint density at radius 3 is 2.32 bits per heavy atom. The lowest BCUT2D eigenvalue weighted by atomic mass is 10.2. The highest BCUT2D eigenvalue weighted by Gasteiger charge is 2.31. The maximum absolute atomic E-state index is 12.5. The average molecular weight is 298 g/mol. The summed E-state index contributed by atoms with van der Waals surface area (Å²) in [5, 5.41) is -0.262. The van der Waals surface area contributed by atoms with Gasteiger partial charge in [0.1, 0.15) is 11.8 Å². The molecule has 0 aliphatic rings. The molecule has 0 spiro atoms. The van der Waals surface area contributed by atoms with E-state index < -0.39 is 11.7 Å². The first-order chi connectivity index (χ1) is 8.58. The van der Waals surface area contributed by atoms with E-state index >= 15 is 0 Å². The van der Waals surface area contributed by atoms with Gasteiger partial charge in [-0.2, -0.15) is 13.2 Å². The van der Waals surface area contributed by atoms with Crippen molar-refractivity contribution in [2.75, 3.05) is 13.2 Å². The summed E-state index contributed by atoms with van der Waals surface area (Å²) < 4.78 is 48.0. The fourth-order valence-corrected chi connectivity index (χ4v) is 1.41. The first-order valence-electron chi connectivity index (χ1n) is 5.59. The average Bonchev–Trinajstić information content (AvgIpc) is 2.21. The van der Waals surface area contributed by atoms with Crippen LogP contribution in [-0.2, 0) is 10.9 Å². The molecule has 0 aromatic carbocycles. The van der Waals surface area contributed by atoms with Crippen LogP contribution in [0, 0.1) is 0 Å². The lowest BCUT2D eigenvalue weighted by molar-refractivity contribution is -0.137. The minimum Gasteiger partial charge on any atom is -0.475 e. The molecule has 1 aromatic rings. The van der Waals surface area contributed by atoms with Gasteiger partial charge in [-0.15, -0.1) is 0 Å². The fraction of sp³-hybridized carbons (Fsp3) is 0.583. The summed E-state index contributed by atoms with van der Waals surface area (Å²) in [6, 6.07) is 1.56. The molecule has 0 aliphatic heterocycles. The zero-order valence-electron chi connectivity index (χ0n) is 10.8. The molecule has 0 radical (unpaired) electrons. The maximum atomic E-state index is 12.5. The van der Waals surface area contributed by atoms with Crippen molar-refractivity contribution in [3.63, 3.8) is 0 Å². The third-order valence-corrected chi connectivity index (χ3v) is 2.16. The summed E-state index contributed by atoms with van der Waals surface area (Å²) in [6.07, 6.45) is -4.48. The van der Waals surface area contributed by atoms with Crippen molar-refractivity contribution >= 4 is 11.6 Å². The number of nitrogens with zero attached hydrogens (tertiary/aromatic N) is 1. The Bertz CT molecular complexity index is 430. The van der Waals surface area contributed by atoms with Crippen LogP contribution in [-0.4, -0.2) is 23.8 Å². The molecule has 0 N–H and O–H groups in total. The van der Waals surface area contributed by atoms with Crippen molar-refractivity contribution in [2.24, 2.45) is 0 Å². The number of aromatic nitrogens is 1. The third kappa shape index (κ3) is 6.11. The van der Waals surface area contributed by atoms with Crippen LogP contribution in [0.3, 0.4) is 0 Å². The summed E-state index contributed by atoms with van der Waals surface area (Å²) in [6.45, 7) is 5.95. The SMILES string of the molecule is CC(C)(C)OCCOc1cc(C(F)(F)F)cc(Cl)n1. The lowest BCUT2D eigenvalue weighted by Crippen LogP contribution is -2.22. The van der Waals surface area contributed by atoms with E-state index in [1.165, 1.54) is 0 Å². The van der Waals surface area contributed by atoms with Gasteiger partial charge in [0.2, 0.25) is 5.88 Å². The molecule has 3 nitrogen and oxygen atoms in total. The van der Waals surface area contributed by atoms with Crippen LogP contribution < -0.4 is 4.74 Å². The van der Waals surface area contributed by atoms with Crippen molar-refractivity contribution in [3.8, 4) is 5.88 Å². The van der Waals surface area contributed by atoms with E-state index in [1.54, 1.807) is 0 Å². The number of halogens is 4. The summed E-state index contributed by atoms with van der Waals surface area (Å²) >= 11 is 5.52. The van der Waals surface area contributed by atoms with Crippen molar-refractivity contribution in [2.45, 2.75) is 32.5 Å². The highest BCUT2D eigenvalue weighted by Crippen LogP contribution is 2.32. The van der Waals surface area contributed by atoms with E-state index in [2.05, 4.69) is 4.98 Å². The fourth-order valence-electron chi connectivity index (χ4n) is 1.20. The van der Waals surface area contributed by atoms with Gasteiger partial charge in [0, 0.05) is 6.07 Å². The molecule has 0 fully saturated rings. The standard InChI is InChI=1S/C12H15ClF3NO2/c1-11(2,3)19-5-4-18-10-7-8(12(14,15)16)6-9(13)17-10/h6-7H,4-5H2,1-3H3. The number of hydrogen-bond donors (Lipinski definition) is 0. The molecular weight excluding hydrogens is 283 g/mol. The second-order valence-electron chi connectivity index (χ2n) is 4.82. The Balaban J connectivity index is 2.62. The molecule has 0 saturated heterocycles. The van der Waals surface area contributed by atoms with Gasteiger partial charge in [-0.1, -0.05) is 11.6 Å². The molecule has 108 valence electrons. The third-order valence-electron chi connectivity index (χ3n) is 1.97. The van der Waals surface area contributed by atoms with Crippen molar-refractivity contribution in [1.29, 1.82) is 0 Å². The Morgan fingerprint density at radius 1 is 1.16 bits per heavy atom. The smallest absolute Gasteiger partial charge is 0.416 e. The molecular formula is C12H15ClF3NO2. The minimum atomic E-state index is -4.48. The van der Waals surface area contributed by atoms with E-state index in [9.17, 15) is 13.2 Å². The number of rotatable bonds is 4. The van der Waals surface area contributed by atoms with Gasteiger partial charge in [-0.05, 0) is 26.8 Å². The second kappa shape index (κ2) is 5.96. The van der Waals surface area contributed by atoms with E-state index in [1.807, 2.05) is 20.8 Å². The summed E-state index contributed by atoms with van der Waals surface area (Å²) in [5.41, 5.74) is -1.22.